The number of rotatable bonds is 4. The quantitative estimate of drug-likeness (QED) is 0.487. The SMILES string of the molecule is Cc1ccc(-c2cc(C(=O)NNC(=O)Cn3nc(C)ccc3=O)c3ccccc3n2)cc1. The summed E-state index contributed by atoms with van der Waals surface area (Å²) in [6, 6.07) is 19.8. The molecular formula is C24H21N5O3. The molecule has 4 aromatic rings. The van der Waals surface area contributed by atoms with E-state index in [-0.39, 0.29) is 6.54 Å². The normalized spacial score (nSPS) is 10.7. The first kappa shape index (κ1) is 20.9. The highest BCUT2D eigenvalue weighted by molar-refractivity contribution is 6.07. The lowest BCUT2D eigenvalue weighted by Crippen LogP contribution is -2.44. The van der Waals surface area contributed by atoms with E-state index in [1.807, 2.05) is 49.4 Å². The number of hydrazine groups is 1. The van der Waals surface area contributed by atoms with E-state index >= 15 is 0 Å². The van der Waals surface area contributed by atoms with Crippen molar-refractivity contribution in [1.82, 2.24) is 25.6 Å². The summed E-state index contributed by atoms with van der Waals surface area (Å²) in [6.45, 7) is 3.40. The van der Waals surface area contributed by atoms with Crippen molar-refractivity contribution in [2.45, 2.75) is 20.4 Å². The Bertz CT molecular complexity index is 1380. The predicted molar refractivity (Wildman–Crippen MR) is 121 cm³/mol. The van der Waals surface area contributed by atoms with Crippen LogP contribution in [-0.2, 0) is 11.3 Å². The number of aromatic nitrogens is 3. The fourth-order valence-corrected chi connectivity index (χ4v) is 3.27. The van der Waals surface area contributed by atoms with E-state index in [1.54, 1.807) is 25.1 Å². The molecule has 0 aliphatic heterocycles. The van der Waals surface area contributed by atoms with Crippen LogP contribution in [0, 0.1) is 13.8 Å². The summed E-state index contributed by atoms with van der Waals surface area (Å²) in [5.74, 6) is -1.06. The fraction of sp³-hybridized carbons (Fsp3) is 0.125. The number of hydrogen-bond acceptors (Lipinski definition) is 5. The van der Waals surface area contributed by atoms with E-state index < -0.39 is 17.4 Å². The molecule has 0 unspecified atom stereocenters. The summed E-state index contributed by atoms with van der Waals surface area (Å²) in [5, 5.41) is 4.67. The maximum atomic E-state index is 12.9. The molecule has 0 aliphatic rings. The van der Waals surface area contributed by atoms with Gasteiger partial charge in [0.25, 0.3) is 17.4 Å². The van der Waals surface area contributed by atoms with Crippen molar-refractivity contribution in [2.75, 3.05) is 0 Å². The van der Waals surface area contributed by atoms with Crippen LogP contribution in [0.15, 0.2) is 71.5 Å². The molecule has 0 fully saturated rings. The van der Waals surface area contributed by atoms with Gasteiger partial charge in [0, 0.05) is 17.0 Å². The Labute approximate surface area is 183 Å². The van der Waals surface area contributed by atoms with Crippen molar-refractivity contribution in [3.8, 4) is 11.3 Å². The number of nitrogens with one attached hydrogen (secondary N) is 2. The average molecular weight is 427 g/mol. The monoisotopic (exact) mass is 427 g/mol. The molecule has 0 spiro atoms. The lowest BCUT2D eigenvalue weighted by Gasteiger charge is -2.12. The third kappa shape index (κ3) is 4.54. The Morgan fingerprint density at radius 2 is 1.69 bits per heavy atom. The highest BCUT2D eigenvalue weighted by atomic mass is 16.2. The molecule has 8 nitrogen and oxygen atoms in total. The topological polar surface area (TPSA) is 106 Å². The molecule has 2 amide bonds. The Morgan fingerprint density at radius 1 is 0.938 bits per heavy atom. The van der Waals surface area contributed by atoms with Crippen LogP contribution >= 0.6 is 0 Å². The second-order valence-electron chi connectivity index (χ2n) is 7.41. The van der Waals surface area contributed by atoms with Gasteiger partial charge in [-0.1, -0.05) is 48.0 Å². The van der Waals surface area contributed by atoms with Crippen molar-refractivity contribution < 1.29 is 9.59 Å². The number of carbonyl (C=O) groups excluding carboxylic acids is 2. The summed E-state index contributed by atoms with van der Waals surface area (Å²) in [4.78, 5) is 41.7. The van der Waals surface area contributed by atoms with Crippen LogP contribution in [0.1, 0.15) is 21.6 Å². The Morgan fingerprint density at radius 3 is 2.47 bits per heavy atom. The summed E-state index contributed by atoms with van der Waals surface area (Å²) >= 11 is 0. The summed E-state index contributed by atoms with van der Waals surface area (Å²) in [6.07, 6.45) is 0. The molecule has 0 aliphatic carbocycles. The summed E-state index contributed by atoms with van der Waals surface area (Å²) in [5.41, 5.74) is 8.66. The first-order chi connectivity index (χ1) is 15.4. The van der Waals surface area contributed by atoms with Gasteiger partial charge in [0.15, 0.2) is 0 Å². The summed E-state index contributed by atoms with van der Waals surface area (Å²) in [7, 11) is 0. The molecule has 2 heterocycles. The number of pyridine rings is 1. The standard InChI is InChI=1S/C24H21N5O3/c1-15-7-10-17(11-8-15)21-13-19(18-5-3-4-6-20(18)25-21)24(32)27-26-22(30)14-29-23(31)12-9-16(2)28-29/h3-13H,14H2,1-2H3,(H,26,30)(H,27,32). The minimum absolute atomic E-state index is 0.313. The van der Waals surface area contributed by atoms with Crippen LogP contribution in [0.4, 0.5) is 0 Å². The number of carbonyl (C=O) groups is 2. The van der Waals surface area contributed by atoms with Gasteiger partial charge in [-0.2, -0.15) is 5.10 Å². The molecule has 4 rings (SSSR count). The largest absolute Gasteiger partial charge is 0.271 e. The van der Waals surface area contributed by atoms with Gasteiger partial charge in [-0.05, 0) is 32.0 Å². The average Bonchev–Trinajstić information content (AvgIpc) is 2.79. The Kier molecular flexibility index (Phi) is 5.76. The molecule has 0 radical (unpaired) electrons. The first-order valence-corrected chi connectivity index (χ1v) is 10.0. The molecule has 0 bridgehead atoms. The molecule has 160 valence electrons. The second kappa shape index (κ2) is 8.81. The number of benzene rings is 2. The Hall–Kier alpha value is -4.33. The lowest BCUT2D eigenvalue weighted by atomic mass is 10.0. The molecular weight excluding hydrogens is 406 g/mol. The van der Waals surface area contributed by atoms with Crippen LogP contribution in [0.5, 0.6) is 0 Å². The summed E-state index contributed by atoms with van der Waals surface area (Å²) < 4.78 is 1.04. The number of nitrogens with zero attached hydrogens (tertiary/aromatic N) is 3. The van der Waals surface area contributed by atoms with E-state index in [9.17, 15) is 14.4 Å². The molecule has 32 heavy (non-hydrogen) atoms. The van der Waals surface area contributed by atoms with Crippen LogP contribution in [0.3, 0.4) is 0 Å². The minimum atomic E-state index is -0.573. The highest BCUT2D eigenvalue weighted by Crippen LogP contribution is 2.25. The first-order valence-electron chi connectivity index (χ1n) is 10.0. The van der Waals surface area contributed by atoms with Crippen molar-refractivity contribution in [3.05, 3.63) is 93.9 Å². The van der Waals surface area contributed by atoms with Crippen LogP contribution in [0.25, 0.3) is 22.2 Å². The number of para-hydroxylation sites is 1. The minimum Gasteiger partial charge on any atom is -0.271 e. The van der Waals surface area contributed by atoms with Gasteiger partial charge in [-0.3, -0.25) is 25.2 Å². The molecule has 0 saturated carbocycles. The van der Waals surface area contributed by atoms with E-state index in [2.05, 4.69) is 20.9 Å². The third-order valence-corrected chi connectivity index (χ3v) is 4.92. The highest BCUT2D eigenvalue weighted by Gasteiger charge is 2.15. The van der Waals surface area contributed by atoms with Crippen molar-refractivity contribution >= 4 is 22.7 Å². The van der Waals surface area contributed by atoms with E-state index in [0.717, 1.165) is 15.8 Å². The number of hydrogen-bond donors (Lipinski definition) is 2. The molecule has 2 aromatic carbocycles. The van der Waals surface area contributed by atoms with E-state index in [0.29, 0.717) is 27.9 Å². The van der Waals surface area contributed by atoms with Crippen molar-refractivity contribution in [3.63, 3.8) is 0 Å². The van der Waals surface area contributed by atoms with Gasteiger partial charge >= 0.3 is 0 Å². The van der Waals surface area contributed by atoms with Crippen LogP contribution < -0.4 is 16.4 Å². The molecule has 0 saturated heterocycles. The lowest BCUT2D eigenvalue weighted by molar-refractivity contribution is -0.122. The molecule has 8 heteroatoms. The maximum Gasteiger partial charge on any atom is 0.270 e. The zero-order valence-electron chi connectivity index (χ0n) is 17.6. The zero-order chi connectivity index (χ0) is 22.7. The smallest absolute Gasteiger partial charge is 0.270 e. The van der Waals surface area contributed by atoms with Crippen molar-refractivity contribution in [2.24, 2.45) is 0 Å². The van der Waals surface area contributed by atoms with Crippen LogP contribution in [0.2, 0.25) is 0 Å². The third-order valence-electron chi connectivity index (χ3n) is 4.92. The number of fused-ring (bicyclic) bond motifs is 1. The molecule has 0 atom stereocenters. The van der Waals surface area contributed by atoms with Crippen LogP contribution in [-0.4, -0.2) is 26.6 Å². The number of amides is 2. The van der Waals surface area contributed by atoms with E-state index in [1.165, 1.54) is 6.07 Å². The second-order valence-corrected chi connectivity index (χ2v) is 7.41. The fourth-order valence-electron chi connectivity index (χ4n) is 3.27. The molecule has 2 aromatic heterocycles. The van der Waals surface area contributed by atoms with E-state index in [4.69, 9.17) is 0 Å². The van der Waals surface area contributed by atoms with Gasteiger partial charge < -0.3 is 0 Å². The van der Waals surface area contributed by atoms with Gasteiger partial charge in [0.05, 0.1) is 22.5 Å². The van der Waals surface area contributed by atoms with Gasteiger partial charge in [-0.15, -0.1) is 0 Å². The van der Waals surface area contributed by atoms with Gasteiger partial charge in [-0.25, -0.2) is 9.67 Å². The molecule has 2 N–H and O–H groups in total. The maximum absolute atomic E-state index is 12.9. The Balaban J connectivity index is 1.57. The predicted octanol–water partition coefficient (Wildman–Crippen LogP) is 2.54. The zero-order valence-corrected chi connectivity index (χ0v) is 17.6. The number of aryl methyl sites for hydroxylation is 2. The van der Waals surface area contributed by atoms with Gasteiger partial charge in [0.2, 0.25) is 0 Å². The van der Waals surface area contributed by atoms with Crippen molar-refractivity contribution in [1.29, 1.82) is 0 Å². The van der Waals surface area contributed by atoms with Gasteiger partial charge in [0.1, 0.15) is 6.54 Å².